The Morgan fingerprint density at radius 2 is 1.52 bits per heavy atom. The van der Waals surface area contributed by atoms with Gasteiger partial charge in [-0.1, -0.05) is 30.3 Å². The van der Waals surface area contributed by atoms with Crippen molar-refractivity contribution in [1.82, 2.24) is 15.5 Å². The maximum absolute atomic E-state index is 5.36. The van der Waals surface area contributed by atoms with E-state index in [4.69, 9.17) is 9.47 Å². The molecule has 0 fully saturated rings. The largest absolute Gasteiger partial charge is 0.493 e. The zero-order chi connectivity index (χ0) is 20.4. The Labute approximate surface area is 191 Å². The second kappa shape index (κ2) is 13.3. The van der Waals surface area contributed by atoms with Gasteiger partial charge in [0.15, 0.2) is 17.5 Å². The van der Waals surface area contributed by atoms with Gasteiger partial charge in [-0.2, -0.15) is 0 Å². The summed E-state index contributed by atoms with van der Waals surface area (Å²) in [5, 5.41) is 6.68. The minimum absolute atomic E-state index is 0. The van der Waals surface area contributed by atoms with Crippen LogP contribution in [0.25, 0.3) is 0 Å². The van der Waals surface area contributed by atoms with Crippen molar-refractivity contribution in [3.63, 3.8) is 0 Å². The monoisotopic (exact) mass is 512 g/mol. The van der Waals surface area contributed by atoms with Crippen LogP contribution in [0.5, 0.6) is 11.5 Å². The number of nitrogens with one attached hydrogen (secondary N) is 2. The fraction of sp³-hybridized carbons (Fsp3) is 0.409. The van der Waals surface area contributed by atoms with E-state index in [0.717, 1.165) is 36.9 Å². The van der Waals surface area contributed by atoms with Crippen LogP contribution in [-0.2, 0) is 19.6 Å². The molecule has 0 bridgehead atoms. The van der Waals surface area contributed by atoms with Gasteiger partial charge in [0.2, 0.25) is 0 Å². The molecule has 0 aromatic heterocycles. The summed E-state index contributed by atoms with van der Waals surface area (Å²) in [6.45, 7) is 5.09. The number of halogens is 1. The Bertz CT molecular complexity index is 764. The Morgan fingerprint density at radius 1 is 0.897 bits per heavy atom. The maximum atomic E-state index is 5.36. The number of benzene rings is 2. The van der Waals surface area contributed by atoms with Gasteiger partial charge in [-0.15, -0.1) is 24.0 Å². The molecular formula is C22H33IN4O2. The van der Waals surface area contributed by atoms with Crippen molar-refractivity contribution in [2.24, 2.45) is 4.99 Å². The second-order valence-electron chi connectivity index (χ2n) is 6.79. The summed E-state index contributed by atoms with van der Waals surface area (Å²) < 4.78 is 10.6. The molecule has 0 heterocycles. The Morgan fingerprint density at radius 3 is 2.10 bits per heavy atom. The van der Waals surface area contributed by atoms with Gasteiger partial charge < -0.3 is 25.0 Å². The van der Waals surface area contributed by atoms with Gasteiger partial charge in [0.05, 0.1) is 20.8 Å². The molecule has 0 spiro atoms. The molecule has 0 unspecified atom stereocenters. The van der Waals surface area contributed by atoms with Crippen LogP contribution in [0, 0.1) is 0 Å². The van der Waals surface area contributed by atoms with E-state index in [2.05, 4.69) is 65.8 Å². The van der Waals surface area contributed by atoms with Crippen molar-refractivity contribution in [3.8, 4) is 11.5 Å². The molecule has 29 heavy (non-hydrogen) atoms. The van der Waals surface area contributed by atoms with Gasteiger partial charge in [0.25, 0.3) is 0 Å². The van der Waals surface area contributed by atoms with E-state index in [1.807, 2.05) is 18.2 Å². The molecule has 0 saturated carbocycles. The molecule has 0 aliphatic rings. The summed E-state index contributed by atoms with van der Waals surface area (Å²) in [5.74, 6) is 2.22. The topological polar surface area (TPSA) is 58.1 Å². The summed E-state index contributed by atoms with van der Waals surface area (Å²) in [6, 6.07) is 14.5. The van der Waals surface area contributed by atoms with Crippen molar-refractivity contribution >= 4 is 29.9 Å². The standard InChI is InChI=1S/C22H32N4O2.HI/c1-6-23-22(24-14-17-7-9-18(10-8-17)16-26(2)3)25-15-19-11-12-20(27-4)21(13-19)28-5;/h7-13H,6,14-16H2,1-5H3,(H2,23,24,25);1H. The Balaban J connectivity index is 0.00000420. The molecule has 0 atom stereocenters. The molecule has 0 amide bonds. The van der Waals surface area contributed by atoms with E-state index < -0.39 is 0 Å². The predicted molar refractivity (Wildman–Crippen MR) is 130 cm³/mol. The lowest BCUT2D eigenvalue weighted by Crippen LogP contribution is -2.36. The first-order valence-electron chi connectivity index (χ1n) is 9.51. The molecule has 0 saturated heterocycles. The quantitative estimate of drug-likeness (QED) is 0.305. The summed E-state index contributed by atoms with van der Waals surface area (Å²) in [4.78, 5) is 6.84. The third kappa shape index (κ3) is 8.49. The number of hydrogen-bond acceptors (Lipinski definition) is 4. The minimum Gasteiger partial charge on any atom is -0.493 e. The number of nitrogens with zero attached hydrogens (tertiary/aromatic N) is 2. The van der Waals surface area contributed by atoms with Gasteiger partial charge in [0.1, 0.15) is 0 Å². The fourth-order valence-corrected chi connectivity index (χ4v) is 2.80. The molecule has 2 rings (SSSR count). The molecule has 6 nitrogen and oxygen atoms in total. The fourth-order valence-electron chi connectivity index (χ4n) is 2.80. The molecular weight excluding hydrogens is 479 g/mol. The summed E-state index contributed by atoms with van der Waals surface area (Å²) in [7, 11) is 7.43. The number of ether oxygens (including phenoxy) is 2. The number of rotatable bonds is 9. The van der Waals surface area contributed by atoms with Crippen LogP contribution in [0.4, 0.5) is 0 Å². The average molecular weight is 512 g/mol. The molecule has 2 aromatic rings. The predicted octanol–water partition coefficient (Wildman–Crippen LogP) is 3.64. The number of guanidine groups is 1. The first-order valence-corrected chi connectivity index (χ1v) is 9.51. The van der Waals surface area contributed by atoms with Crippen molar-refractivity contribution in [3.05, 3.63) is 59.2 Å². The normalized spacial score (nSPS) is 11.0. The highest BCUT2D eigenvalue weighted by molar-refractivity contribution is 14.0. The van der Waals surface area contributed by atoms with Gasteiger partial charge in [0, 0.05) is 19.6 Å². The summed E-state index contributed by atoms with van der Waals surface area (Å²) >= 11 is 0. The van der Waals surface area contributed by atoms with Crippen molar-refractivity contribution in [1.29, 1.82) is 0 Å². The first kappa shape index (κ1) is 25.0. The van der Waals surface area contributed by atoms with Crippen LogP contribution in [0.15, 0.2) is 47.5 Å². The molecule has 0 radical (unpaired) electrons. The van der Waals surface area contributed by atoms with E-state index in [1.54, 1.807) is 14.2 Å². The van der Waals surface area contributed by atoms with Crippen LogP contribution in [0.3, 0.4) is 0 Å². The molecule has 2 N–H and O–H groups in total. The zero-order valence-corrected chi connectivity index (χ0v) is 20.3. The molecule has 160 valence electrons. The van der Waals surface area contributed by atoms with Crippen molar-refractivity contribution < 1.29 is 9.47 Å². The van der Waals surface area contributed by atoms with E-state index in [0.29, 0.717) is 12.3 Å². The SMILES string of the molecule is CCNC(=NCc1ccc(OC)c(OC)c1)NCc1ccc(CN(C)C)cc1.I. The lowest BCUT2D eigenvalue weighted by molar-refractivity contribution is 0.354. The van der Waals surface area contributed by atoms with E-state index >= 15 is 0 Å². The van der Waals surface area contributed by atoms with E-state index in [-0.39, 0.29) is 24.0 Å². The average Bonchev–Trinajstić information content (AvgIpc) is 2.70. The Kier molecular flexibility index (Phi) is 11.5. The zero-order valence-electron chi connectivity index (χ0n) is 18.0. The lowest BCUT2D eigenvalue weighted by atomic mass is 10.1. The van der Waals surface area contributed by atoms with Crippen LogP contribution < -0.4 is 20.1 Å². The first-order chi connectivity index (χ1) is 13.5. The molecule has 7 heteroatoms. The maximum Gasteiger partial charge on any atom is 0.191 e. The van der Waals surface area contributed by atoms with Crippen LogP contribution in [-0.4, -0.2) is 45.7 Å². The Hall–Kier alpha value is -2.00. The third-order valence-corrected chi connectivity index (χ3v) is 4.19. The van der Waals surface area contributed by atoms with Crippen LogP contribution in [0.1, 0.15) is 23.6 Å². The highest BCUT2D eigenvalue weighted by atomic mass is 127. The van der Waals surface area contributed by atoms with Gasteiger partial charge >= 0.3 is 0 Å². The highest BCUT2D eigenvalue weighted by Crippen LogP contribution is 2.27. The van der Waals surface area contributed by atoms with E-state index in [9.17, 15) is 0 Å². The molecule has 0 aliphatic carbocycles. The van der Waals surface area contributed by atoms with Crippen molar-refractivity contribution in [2.45, 2.75) is 26.6 Å². The molecule has 0 aliphatic heterocycles. The lowest BCUT2D eigenvalue weighted by Gasteiger charge is -2.13. The van der Waals surface area contributed by atoms with Gasteiger partial charge in [-0.05, 0) is 49.8 Å². The summed E-state index contributed by atoms with van der Waals surface area (Å²) in [6.07, 6.45) is 0. The molecule has 2 aromatic carbocycles. The van der Waals surface area contributed by atoms with Gasteiger partial charge in [-0.25, -0.2) is 4.99 Å². The smallest absolute Gasteiger partial charge is 0.191 e. The highest BCUT2D eigenvalue weighted by Gasteiger charge is 2.05. The second-order valence-corrected chi connectivity index (χ2v) is 6.79. The van der Waals surface area contributed by atoms with Crippen molar-refractivity contribution in [2.75, 3.05) is 34.9 Å². The minimum atomic E-state index is 0. The van der Waals surface area contributed by atoms with Gasteiger partial charge in [-0.3, -0.25) is 0 Å². The number of hydrogen-bond donors (Lipinski definition) is 2. The summed E-state index contributed by atoms with van der Waals surface area (Å²) in [5.41, 5.74) is 3.59. The van der Waals surface area contributed by atoms with Crippen LogP contribution >= 0.6 is 24.0 Å². The number of aliphatic imine (C=N–C) groups is 1. The third-order valence-electron chi connectivity index (χ3n) is 4.19. The number of methoxy groups -OCH3 is 2. The van der Waals surface area contributed by atoms with E-state index in [1.165, 1.54) is 11.1 Å². The van der Waals surface area contributed by atoms with Crippen LogP contribution in [0.2, 0.25) is 0 Å².